The minimum absolute atomic E-state index is 0.323. The highest BCUT2D eigenvalue weighted by Crippen LogP contribution is 2.40. The number of nitriles is 1. The van der Waals surface area contributed by atoms with Crippen molar-refractivity contribution in [3.8, 4) is 17.3 Å². The van der Waals surface area contributed by atoms with Crippen LogP contribution in [0.15, 0.2) is 53.1 Å². The molecule has 8 nitrogen and oxygen atoms in total. The average Bonchev–Trinajstić information content (AvgIpc) is 3.65. The fraction of sp³-hybridized carbons (Fsp3) is 0.333. The van der Waals surface area contributed by atoms with Crippen LogP contribution >= 0.6 is 0 Å². The van der Waals surface area contributed by atoms with Crippen molar-refractivity contribution in [2.24, 2.45) is 18.9 Å². The Morgan fingerprint density at radius 1 is 1.09 bits per heavy atom. The van der Waals surface area contributed by atoms with E-state index in [0.29, 0.717) is 35.0 Å². The lowest BCUT2D eigenvalue weighted by molar-refractivity contribution is 0.301. The van der Waals surface area contributed by atoms with Crippen molar-refractivity contribution in [1.29, 1.82) is 5.26 Å². The molecule has 2 fully saturated rings. The molecule has 0 radical (unpaired) electrons. The molecule has 1 saturated carbocycles. The van der Waals surface area contributed by atoms with Gasteiger partial charge in [-0.2, -0.15) is 10.4 Å². The molecule has 1 N–H and O–H groups in total. The Kier molecular flexibility index (Phi) is 4.54. The molecule has 1 aliphatic carbocycles. The number of aryl methyl sites for hydroxylation is 1. The zero-order valence-corrected chi connectivity index (χ0v) is 19.5. The molecule has 0 spiro atoms. The summed E-state index contributed by atoms with van der Waals surface area (Å²) in [6, 6.07) is 16.7. The van der Waals surface area contributed by atoms with Crippen LogP contribution in [0.1, 0.15) is 24.0 Å². The van der Waals surface area contributed by atoms with E-state index in [9.17, 15) is 5.26 Å². The van der Waals surface area contributed by atoms with E-state index >= 15 is 0 Å². The average molecular weight is 464 g/mol. The van der Waals surface area contributed by atoms with Gasteiger partial charge in [0.15, 0.2) is 5.82 Å². The van der Waals surface area contributed by atoms with E-state index in [1.165, 1.54) is 5.56 Å². The molecule has 2 bridgehead atoms. The van der Waals surface area contributed by atoms with Crippen molar-refractivity contribution in [3.63, 3.8) is 0 Å². The number of benzene rings is 2. The van der Waals surface area contributed by atoms with E-state index in [0.717, 1.165) is 60.1 Å². The summed E-state index contributed by atoms with van der Waals surface area (Å²) < 4.78 is 7.50. The Morgan fingerprint density at radius 3 is 2.69 bits per heavy atom. The van der Waals surface area contributed by atoms with Gasteiger partial charge >= 0.3 is 0 Å². The molecule has 1 saturated heterocycles. The fourth-order valence-corrected chi connectivity index (χ4v) is 6.08. The van der Waals surface area contributed by atoms with E-state index in [-0.39, 0.29) is 0 Å². The molecule has 4 aromatic heterocycles. The maximum Gasteiger partial charge on any atom is 0.166 e. The van der Waals surface area contributed by atoms with Gasteiger partial charge in [-0.05, 0) is 61.1 Å². The highest BCUT2D eigenvalue weighted by atomic mass is 16.3. The molecule has 5 aromatic rings. The maximum absolute atomic E-state index is 9.81. The Labute approximate surface area is 202 Å². The van der Waals surface area contributed by atoms with Gasteiger partial charge in [-0.15, -0.1) is 10.2 Å². The molecule has 2 aliphatic rings. The molecular formula is C27H25N7O. The molecule has 7 rings (SSSR count). The highest BCUT2D eigenvalue weighted by molar-refractivity contribution is 5.83. The normalized spacial score (nSPS) is 22.2. The number of nitrogens with zero attached hydrogens (tertiary/aromatic N) is 6. The van der Waals surface area contributed by atoms with Crippen molar-refractivity contribution in [1.82, 2.24) is 24.9 Å². The Hall–Kier alpha value is -3.96. The third kappa shape index (κ3) is 3.60. The lowest BCUT2D eigenvalue weighted by Gasteiger charge is -2.19. The van der Waals surface area contributed by atoms with Gasteiger partial charge in [0, 0.05) is 55.4 Å². The zero-order valence-electron chi connectivity index (χ0n) is 19.5. The lowest BCUT2D eigenvalue weighted by Crippen LogP contribution is -2.25. The molecule has 35 heavy (non-hydrogen) atoms. The number of hydrogen-bond donors (Lipinski definition) is 1. The van der Waals surface area contributed by atoms with E-state index < -0.39 is 0 Å². The first-order chi connectivity index (χ1) is 17.1. The number of rotatable bonds is 5. The molecular weight excluding hydrogens is 438 g/mol. The van der Waals surface area contributed by atoms with Crippen molar-refractivity contribution in [2.45, 2.75) is 25.4 Å². The predicted octanol–water partition coefficient (Wildman–Crippen LogP) is 4.41. The van der Waals surface area contributed by atoms with Crippen LogP contribution in [0.4, 0.5) is 5.82 Å². The van der Waals surface area contributed by atoms with Crippen LogP contribution in [-0.4, -0.2) is 44.0 Å². The molecule has 0 amide bonds. The minimum atomic E-state index is 0.323. The predicted molar refractivity (Wildman–Crippen MR) is 133 cm³/mol. The Bertz CT molecular complexity index is 1560. The van der Waals surface area contributed by atoms with Crippen molar-refractivity contribution >= 4 is 27.9 Å². The summed E-state index contributed by atoms with van der Waals surface area (Å²) in [7, 11) is 1.91. The van der Waals surface area contributed by atoms with Gasteiger partial charge in [0.2, 0.25) is 0 Å². The van der Waals surface area contributed by atoms with E-state index in [2.05, 4.69) is 43.7 Å². The summed E-state index contributed by atoms with van der Waals surface area (Å²) in [6.45, 7) is 3.18. The van der Waals surface area contributed by atoms with Crippen LogP contribution in [0.3, 0.4) is 0 Å². The second-order valence-electron chi connectivity index (χ2n) is 10.1. The summed E-state index contributed by atoms with van der Waals surface area (Å²) in [5.74, 6) is 1.93. The number of likely N-dealkylation sites (tertiary alicyclic amines) is 1. The van der Waals surface area contributed by atoms with Crippen molar-refractivity contribution in [2.75, 3.05) is 18.4 Å². The van der Waals surface area contributed by atoms with E-state index in [1.807, 2.05) is 43.6 Å². The van der Waals surface area contributed by atoms with Crippen molar-refractivity contribution < 1.29 is 4.42 Å². The quantitative estimate of drug-likeness (QED) is 0.412. The summed E-state index contributed by atoms with van der Waals surface area (Å²) in [5.41, 5.74) is 6.38. The molecule has 5 heterocycles. The topological polar surface area (TPSA) is 95.8 Å². The van der Waals surface area contributed by atoms with Gasteiger partial charge in [-0.25, -0.2) is 0 Å². The Balaban J connectivity index is 1.02. The number of hydrogen-bond acceptors (Lipinski definition) is 7. The number of fused-ring (bicyclic) bond motifs is 4. The number of anilines is 1. The number of furan rings is 2. The number of nitrogens with one attached hydrogen (secondary N) is 1. The molecule has 1 aliphatic heterocycles. The standard InChI is InChI=1S/C27H25N7O/c1-33-12-20-6-16(2-4-24(20)32-33)25-10-17(11-28)27(31-30-25)29-22-7-18-13-34(14-19(18)8-22)15-21-9-23-3-5-26(21)35-23/h2-6,9-10,12,18-19,22H,7-8,13-15H2,1H3,(H,29,31)/t18-,19+,22?. The molecule has 1 aromatic carbocycles. The lowest BCUT2D eigenvalue weighted by atomic mass is 10.0. The second kappa shape index (κ2) is 7.79. The fourth-order valence-electron chi connectivity index (χ4n) is 6.08. The second-order valence-corrected chi connectivity index (χ2v) is 10.1. The van der Waals surface area contributed by atoms with E-state index in [1.54, 1.807) is 4.68 Å². The first-order valence-electron chi connectivity index (χ1n) is 12.1. The van der Waals surface area contributed by atoms with Crippen LogP contribution < -0.4 is 5.32 Å². The first-order valence-corrected chi connectivity index (χ1v) is 12.1. The smallest absolute Gasteiger partial charge is 0.166 e. The molecule has 8 heteroatoms. The van der Waals surface area contributed by atoms with Crippen LogP contribution in [-0.2, 0) is 13.6 Å². The highest BCUT2D eigenvalue weighted by Gasteiger charge is 2.41. The van der Waals surface area contributed by atoms with Crippen LogP contribution in [0, 0.1) is 23.2 Å². The monoisotopic (exact) mass is 463 g/mol. The van der Waals surface area contributed by atoms with Crippen molar-refractivity contribution in [3.05, 3.63) is 59.8 Å². The van der Waals surface area contributed by atoms with Crippen LogP contribution in [0.5, 0.6) is 0 Å². The van der Waals surface area contributed by atoms with Gasteiger partial charge in [0.25, 0.3) is 0 Å². The maximum atomic E-state index is 9.81. The molecule has 3 atom stereocenters. The summed E-state index contributed by atoms with van der Waals surface area (Å²) in [5, 5.41) is 27.7. The largest absolute Gasteiger partial charge is 0.457 e. The number of aromatic nitrogens is 4. The van der Waals surface area contributed by atoms with Gasteiger partial charge in [0.1, 0.15) is 17.2 Å². The van der Waals surface area contributed by atoms with Crippen LogP contribution in [0.2, 0.25) is 0 Å². The SMILES string of the molecule is Cn1cc2cc(-c3cc(C#N)c(NC4C[C@@H]5CN(Cc6cc7ccc6o7)C[C@@H]5C4)nn3)ccc2n1. The van der Waals surface area contributed by atoms with Gasteiger partial charge in [0.05, 0.1) is 16.8 Å². The van der Waals surface area contributed by atoms with Gasteiger partial charge in [-0.1, -0.05) is 6.07 Å². The molecule has 1 unspecified atom stereocenters. The van der Waals surface area contributed by atoms with E-state index in [4.69, 9.17) is 4.42 Å². The van der Waals surface area contributed by atoms with Gasteiger partial charge in [-0.3, -0.25) is 9.58 Å². The summed E-state index contributed by atoms with van der Waals surface area (Å²) in [4.78, 5) is 2.55. The van der Waals surface area contributed by atoms with Gasteiger partial charge < -0.3 is 9.73 Å². The van der Waals surface area contributed by atoms with Crippen LogP contribution in [0.25, 0.3) is 33.3 Å². The summed E-state index contributed by atoms with van der Waals surface area (Å²) >= 11 is 0. The summed E-state index contributed by atoms with van der Waals surface area (Å²) in [6.07, 6.45) is 4.16. The third-order valence-corrected chi connectivity index (χ3v) is 7.65. The molecule has 174 valence electrons. The zero-order chi connectivity index (χ0) is 23.5. The minimum Gasteiger partial charge on any atom is -0.457 e. The Morgan fingerprint density at radius 2 is 1.94 bits per heavy atom. The first kappa shape index (κ1) is 20.4. The third-order valence-electron chi connectivity index (χ3n) is 7.65.